The van der Waals surface area contributed by atoms with Crippen LogP contribution in [0.4, 0.5) is 0 Å². The van der Waals surface area contributed by atoms with Crippen LogP contribution in [0.3, 0.4) is 0 Å². The topological polar surface area (TPSA) is 47.6 Å². The molecule has 0 saturated carbocycles. The Morgan fingerprint density at radius 1 is 1.22 bits per heavy atom. The number of allylic oxidation sites excluding steroid dienone is 1. The Morgan fingerprint density at radius 3 is 2.17 bits per heavy atom. The van der Waals surface area contributed by atoms with E-state index in [4.69, 9.17) is 0 Å². The monoisotopic (exact) mass is 238 g/mol. The maximum absolute atomic E-state index is 9.19. The predicted octanol–water partition coefficient (Wildman–Crippen LogP) is 3.96. The largest absolute Gasteiger partial charge is 0.197 e. The Labute approximate surface area is 109 Å². The Hall–Kier alpha value is -2.06. The van der Waals surface area contributed by atoms with Crippen molar-refractivity contribution in [3.63, 3.8) is 0 Å². The number of nitrogens with zero attached hydrogens (tertiary/aromatic N) is 2. The summed E-state index contributed by atoms with van der Waals surface area (Å²) in [5.41, 5.74) is 1.30. The van der Waals surface area contributed by atoms with Gasteiger partial charge in [0.2, 0.25) is 0 Å². The van der Waals surface area contributed by atoms with Gasteiger partial charge in [0.05, 0.1) is 12.1 Å². The van der Waals surface area contributed by atoms with E-state index in [1.807, 2.05) is 12.1 Å². The maximum Gasteiger partial charge on any atom is 0.151 e. The minimum absolute atomic E-state index is 0.395. The van der Waals surface area contributed by atoms with E-state index in [2.05, 4.69) is 44.7 Å². The van der Waals surface area contributed by atoms with Crippen LogP contribution in [-0.4, -0.2) is 0 Å². The molecule has 2 nitrogen and oxygen atoms in total. The third-order valence-corrected chi connectivity index (χ3v) is 3.07. The molecular weight excluding hydrogens is 220 g/mol. The molecule has 0 fully saturated rings. The van der Waals surface area contributed by atoms with Gasteiger partial charge in [0.25, 0.3) is 0 Å². The molecule has 18 heavy (non-hydrogen) atoms. The molecule has 0 radical (unpaired) electrons. The van der Waals surface area contributed by atoms with Crippen LogP contribution in [0.2, 0.25) is 0 Å². The fourth-order valence-electron chi connectivity index (χ4n) is 1.88. The van der Waals surface area contributed by atoms with Gasteiger partial charge in [-0.3, -0.25) is 0 Å². The molecule has 0 N–H and O–H groups in total. The van der Waals surface area contributed by atoms with E-state index in [1.54, 1.807) is 6.08 Å². The van der Waals surface area contributed by atoms with Crippen LogP contribution < -0.4 is 0 Å². The fraction of sp³-hybridized carbons (Fsp3) is 0.375. The van der Waals surface area contributed by atoms with Gasteiger partial charge >= 0.3 is 0 Å². The molecular formula is C16H18N2. The summed E-state index contributed by atoms with van der Waals surface area (Å²) in [4.78, 5) is 0. The average Bonchev–Trinajstić information content (AvgIpc) is 2.38. The van der Waals surface area contributed by atoms with Crippen LogP contribution in [0.1, 0.15) is 37.3 Å². The predicted molar refractivity (Wildman–Crippen MR) is 72.7 cm³/mol. The third kappa shape index (κ3) is 3.22. The number of hydrogen-bond acceptors (Lipinski definition) is 2. The van der Waals surface area contributed by atoms with Crippen molar-refractivity contribution in [2.45, 2.75) is 32.6 Å². The second-order valence-electron chi connectivity index (χ2n) is 4.87. The van der Waals surface area contributed by atoms with Crippen molar-refractivity contribution in [1.82, 2.24) is 0 Å². The second kappa shape index (κ2) is 6.03. The minimum atomic E-state index is -0.985. The molecule has 1 aromatic carbocycles. The summed E-state index contributed by atoms with van der Waals surface area (Å²) in [6, 6.07) is 12.4. The van der Waals surface area contributed by atoms with E-state index in [1.165, 1.54) is 5.56 Å². The molecule has 0 aromatic heterocycles. The smallest absolute Gasteiger partial charge is 0.151 e. The van der Waals surface area contributed by atoms with Gasteiger partial charge in [-0.2, -0.15) is 10.5 Å². The van der Waals surface area contributed by atoms with Gasteiger partial charge in [0.1, 0.15) is 0 Å². The normalized spacial score (nSPS) is 10.7. The SMILES string of the molecule is C=CCC(C#N)(C#N)Cc1ccc(C(C)C)cc1. The fourth-order valence-corrected chi connectivity index (χ4v) is 1.88. The summed E-state index contributed by atoms with van der Waals surface area (Å²) >= 11 is 0. The number of hydrogen-bond donors (Lipinski definition) is 0. The molecule has 1 aromatic rings. The molecule has 0 aliphatic carbocycles. The molecule has 2 heteroatoms. The molecule has 0 amide bonds. The van der Waals surface area contributed by atoms with E-state index < -0.39 is 5.41 Å². The van der Waals surface area contributed by atoms with Crippen LogP contribution in [-0.2, 0) is 6.42 Å². The first-order chi connectivity index (χ1) is 8.56. The summed E-state index contributed by atoms with van der Waals surface area (Å²) in [5, 5.41) is 18.4. The van der Waals surface area contributed by atoms with Crippen molar-refractivity contribution >= 4 is 0 Å². The van der Waals surface area contributed by atoms with Crippen molar-refractivity contribution in [2.75, 3.05) is 0 Å². The van der Waals surface area contributed by atoms with Crippen molar-refractivity contribution in [3.05, 3.63) is 48.0 Å². The molecule has 0 saturated heterocycles. The summed E-state index contributed by atoms with van der Waals surface area (Å²) < 4.78 is 0. The lowest BCUT2D eigenvalue weighted by Gasteiger charge is -2.16. The van der Waals surface area contributed by atoms with Gasteiger partial charge < -0.3 is 0 Å². The number of rotatable bonds is 5. The zero-order valence-electron chi connectivity index (χ0n) is 11.0. The van der Waals surface area contributed by atoms with Gasteiger partial charge in [-0.1, -0.05) is 44.2 Å². The Morgan fingerprint density at radius 2 is 1.78 bits per heavy atom. The average molecular weight is 238 g/mol. The molecule has 92 valence electrons. The third-order valence-electron chi connectivity index (χ3n) is 3.07. The summed E-state index contributed by atoms with van der Waals surface area (Å²) in [7, 11) is 0. The quantitative estimate of drug-likeness (QED) is 0.729. The molecule has 0 bridgehead atoms. The Bertz CT molecular complexity index is 469. The van der Waals surface area contributed by atoms with E-state index in [0.29, 0.717) is 18.8 Å². The highest BCUT2D eigenvalue weighted by Crippen LogP contribution is 2.27. The highest BCUT2D eigenvalue weighted by atomic mass is 14.4. The number of nitriles is 2. The van der Waals surface area contributed by atoms with Gasteiger partial charge in [0, 0.05) is 6.42 Å². The van der Waals surface area contributed by atoms with Crippen molar-refractivity contribution in [3.8, 4) is 12.1 Å². The van der Waals surface area contributed by atoms with Gasteiger partial charge in [-0.25, -0.2) is 0 Å². The second-order valence-corrected chi connectivity index (χ2v) is 4.87. The molecule has 1 rings (SSSR count). The van der Waals surface area contributed by atoms with E-state index in [9.17, 15) is 10.5 Å². The molecule has 0 heterocycles. The van der Waals surface area contributed by atoms with Gasteiger partial charge in [-0.05, 0) is 23.5 Å². The van der Waals surface area contributed by atoms with Crippen molar-refractivity contribution < 1.29 is 0 Å². The molecule has 0 spiro atoms. The van der Waals surface area contributed by atoms with Crippen molar-refractivity contribution in [2.24, 2.45) is 5.41 Å². The van der Waals surface area contributed by atoms with Gasteiger partial charge in [-0.15, -0.1) is 6.58 Å². The Balaban J connectivity index is 2.93. The zero-order valence-corrected chi connectivity index (χ0v) is 11.0. The first kappa shape index (κ1) is 14.0. The lowest BCUT2D eigenvalue weighted by molar-refractivity contribution is 0.527. The summed E-state index contributed by atoms with van der Waals surface area (Å²) in [6.07, 6.45) is 2.48. The van der Waals surface area contributed by atoms with Crippen LogP contribution in [0.5, 0.6) is 0 Å². The first-order valence-electron chi connectivity index (χ1n) is 6.09. The van der Waals surface area contributed by atoms with Crippen LogP contribution in [0.15, 0.2) is 36.9 Å². The van der Waals surface area contributed by atoms with Crippen LogP contribution in [0, 0.1) is 28.1 Å². The first-order valence-corrected chi connectivity index (χ1v) is 6.09. The molecule has 0 atom stereocenters. The highest BCUT2D eigenvalue weighted by Gasteiger charge is 2.28. The maximum atomic E-state index is 9.19. The van der Waals surface area contributed by atoms with Gasteiger partial charge in [0.15, 0.2) is 5.41 Å². The van der Waals surface area contributed by atoms with Crippen LogP contribution in [0.25, 0.3) is 0 Å². The molecule has 0 aliphatic heterocycles. The van der Waals surface area contributed by atoms with Crippen LogP contribution >= 0.6 is 0 Å². The minimum Gasteiger partial charge on any atom is -0.197 e. The lowest BCUT2D eigenvalue weighted by atomic mass is 9.81. The van der Waals surface area contributed by atoms with E-state index in [-0.39, 0.29) is 0 Å². The zero-order chi connectivity index (χ0) is 13.6. The van der Waals surface area contributed by atoms with E-state index in [0.717, 1.165) is 5.56 Å². The number of benzene rings is 1. The lowest BCUT2D eigenvalue weighted by Crippen LogP contribution is -2.18. The molecule has 0 unspecified atom stereocenters. The van der Waals surface area contributed by atoms with Crippen molar-refractivity contribution in [1.29, 1.82) is 10.5 Å². The highest BCUT2D eigenvalue weighted by molar-refractivity contribution is 5.29. The standard InChI is InChI=1S/C16H18N2/c1-4-9-16(11-17,12-18)10-14-5-7-15(8-6-14)13(2)3/h4-8,13H,1,9-10H2,2-3H3. The van der Waals surface area contributed by atoms with E-state index >= 15 is 0 Å². The molecule has 0 aliphatic rings. The summed E-state index contributed by atoms with van der Waals surface area (Å²) in [6.45, 7) is 7.90. The Kier molecular flexibility index (Phi) is 4.69. The summed E-state index contributed by atoms with van der Waals surface area (Å²) in [5.74, 6) is 0.490.